The maximum atomic E-state index is 12.7. The third kappa shape index (κ3) is 5.09. The Kier molecular flexibility index (Phi) is 8.45. The third-order valence-corrected chi connectivity index (χ3v) is 6.25. The molecular weight excluding hydrogens is 348 g/mol. The molecule has 2 N–H and O–H groups in total. The van der Waals surface area contributed by atoms with E-state index in [9.17, 15) is 19.8 Å². The molecule has 0 unspecified atom stereocenters. The Balaban J connectivity index is 2.98. The van der Waals surface area contributed by atoms with Crippen molar-refractivity contribution in [3.05, 3.63) is 0 Å². The maximum Gasteiger partial charge on any atom is 0.311 e. The third-order valence-electron chi connectivity index (χ3n) is 6.25. The molecule has 6 heteroatoms. The lowest BCUT2D eigenvalue weighted by Crippen LogP contribution is -2.59. The van der Waals surface area contributed by atoms with Crippen LogP contribution in [0.1, 0.15) is 68.2 Å². The molecule has 8 atom stereocenters. The van der Waals surface area contributed by atoms with Crippen LogP contribution in [0.15, 0.2) is 0 Å². The predicted octanol–water partition coefficient (Wildman–Crippen LogP) is 2.94. The van der Waals surface area contributed by atoms with E-state index in [-0.39, 0.29) is 23.7 Å². The van der Waals surface area contributed by atoms with E-state index in [0.29, 0.717) is 12.8 Å². The van der Waals surface area contributed by atoms with Crippen LogP contribution in [0.2, 0.25) is 0 Å². The van der Waals surface area contributed by atoms with Gasteiger partial charge < -0.3 is 19.7 Å². The minimum absolute atomic E-state index is 0.0878. The summed E-state index contributed by atoms with van der Waals surface area (Å²) in [5.74, 6) is -3.81. The highest BCUT2D eigenvalue weighted by Gasteiger charge is 2.52. The summed E-state index contributed by atoms with van der Waals surface area (Å²) >= 11 is 0. The number of aliphatic hydroxyl groups is 2. The van der Waals surface area contributed by atoms with Crippen LogP contribution in [0.5, 0.6) is 0 Å². The Morgan fingerprint density at radius 1 is 1.11 bits per heavy atom. The lowest BCUT2D eigenvalue weighted by molar-refractivity contribution is -0.326. The molecule has 1 saturated heterocycles. The van der Waals surface area contributed by atoms with E-state index in [0.717, 1.165) is 0 Å². The number of ketones is 1. The monoisotopic (exact) mass is 386 g/mol. The van der Waals surface area contributed by atoms with Gasteiger partial charge in [-0.25, -0.2) is 0 Å². The van der Waals surface area contributed by atoms with E-state index in [4.69, 9.17) is 9.47 Å². The number of aliphatic hydroxyl groups excluding tert-OH is 1. The van der Waals surface area contributed by atoms with E-state index in [1.54, 1.807) is 20.8 Å². The first-order chi connectivity index (χ1) is 12.4. The van der Waals surface area contributed by atoms with Gasteiger partial charge in [0, 0.05) is 24.2 Å². The van der Waals surface area contributed by atoms with Crippen LogP contribution in [-0.2, 0) is 19.1 Å². The molecule has 0 amide bonds. The van der Waals surface area contributed by atoms with Crippen LogP contribution < -0.4 is 0 Å². The van der Waals surface area contributed by atoms with Crippen LogP contribution in [0, 0.1) is 29.6 Å². The largest absolute Gasteiger partial charge is 0.461 e. The molecule has 0 aromatic heterocycles. The molecule has 6 nitrogen and oxygen atoms in total. The molecule has 1 aliphatic heterocycles. The Hall–Kier alpha value is -0.980. The van der Waals surface area contributed by atoms with Gasteiger partial charge in [-0.05, 0) is 19.3 Å². The van der Waals surface area contributed by atoms with E-state index in [2.05, 4.69) is 0 Å². The topological polar surface area (TPSA) is 93.1 Å². The number of esters is 1. The van der Waals surface area contributed by atoms with Crippen molar-refractivity contribution in [2.75, 3.05) is 0 Å². The van der Waals surface area contributed by atoms with Crippen molar-refractivity contribution in [3.63, 3.8) is 0 Å². The number of hydrogen-bond donors (Lipinski definition) is 2. The van der Waals surface area contributed by atoms with Crippen molar-refractivity contribution in [2.45, 2.75) is 92.3 Å². The quantitative estimate of drug-likeness (QED) is 0.623. The van der Waals surface area contributed by atoms with Gasteiger partial charge in [-0.2, -0.15) is 0 Å². The fraction of sp³-hybridized carbons (Fsp3) is 0.905. The van der Waals surface area contributed by atoms with Gasteiger partial charge in [-0.3, -0.25) is 9.59 Å². The summed E-state index contributed by atoms with van der Waals surface area (Å²) in [5.41, 5.74) is 0. The lowest BCUT2D eigenvalue weighted by atomic mass is 9.76. The summed E-state index contributed by atoms with van der Waals surface area (Å²) in [7, 11) is 0. The number of rotatable bonds is 8. The minimum atomic E-state index is -1.36. The normalized spacial score (nSPS) is 34.8. The highest BCUT2D eigenvalue weighted by Crippen LogP contribution is 2.42. The molecule has 27 heavy (non-hydrogen) atoms. The average Bonchev–Trinajstić information content (AvgIpc) is 2.64. The number of ether oxygens (including phenoxy) is 2. The predicted molar refractivity (Wildman–Crippen MR) is 103 cm³/mol. The zero-order valence-corrected chi connectivity index (χ0v) is 18.1. The van der Waals surface area contributed by atoms with Crippen LogP contribution in [-0.4, -0.2) is 46.1 Å². The standard InChI is InChI=1S/C21H38O6/c1-9-16(22)12(5)17(23)13(6)20(24)26-19-14(7)18(11(3)4)27-21(25,10-2)15(19)8/h11-15,17-19,23,25H,9-10H2,1-8H3/t12-,13-,14+,15+,17-,18+,19+,21-/m1/s1. The molecule has 0 aromatic rings. The van der Waals surface area contributed by atoms with Crippen molar-refractivity contribution in [2.24, 2.45) is 29.6 Å². The zero-order valence-electron chi connectivity index (χ0n) is 18.1. The van der Waals surface area contributed by atoms with Crippen molar-refractivity contribution in [3.8, 4) is 0 Å². The van der Waals surface area contributed by atoms with Crippen LogP contribution in [0.3, 0.4) is 0 Å². The molecule has 0 aromatic carbocycles. The summed E-state index contributed by atoms with van der Waals surface area (Å²) in [6, 6.07) is 0. The molecule has 0 spiro atoms. The van der Waals surface area contributed by atoms with E-state index in [1.807, 2.05) is 34.6 Å². The molecule has 0 radical (unpaired) electrons. The maximum absolute atomic E-state index is 12.7. The Labute approximate surface area is 163 Å². The Morgan fingerprint density at radius 3 is 2.11 bits per heavy atom. The second-order valence-electron chi connectivity index (χ2n) is 8.46. The Morgan fingerprint density at radius 2 is 1.67 bits per heavy atom. The molecule has 1 rings (SSSR count). The second kappa shape index (κ2) is 9.48. The van der Waals surface area contributed by atoms with Crippen molar-refractivity contribution >= 4 is 11.8 Å². The fourth-order valence-electron chi connectivity index (χ4n) is 4.03. The summed E-state index contributed by atoms with van der Waals surface area (Å²) < 4.78 is 11.8. The number of carbonyl (C=O) groups excluding carboxylic acids is 2. The molecule has 158 valence electrons. The van der Waals surface area contributed by atoms with Gasteiger partial charge in [-0.15, -0.1) is 0 Å². The molecule has 0 bridgehead atoms. The molecule has 1 aliphatic rings. The number of carbonyl (C=O) groups is 2. The number of hydrogen-bond acceptors (Lipinski definition) is 6. The Bertz CT molecular complexity index is 519. The van der Waals surface area contributed by atoms with Gasteiger partial charge in [0.15, 0.2) is 5.79 Å². The van der Waals surface area contributed by atoms with Gasteiger partial charge >= 0.3 is 5.97 Å². The van der Waals surface area contributed by atoms with E-state index < -0.39 is 41.7 Å². The van der Waals surface area contributed by atoms with Crippen LogP contribution >= 0.6 is 0 Å². The SMILES string of the molecule is CCC(=O)[C@@H](C)[C@@H](O)[C@@H](C)C(=O)O[C@H]1[C@@H](C)[C@H](C(C)C)O[C@](O)(CC)[C@H]1C. The van der Waals surface area contributed by atoms with Crippen molar-refractivity contribution in [1.82, 2.24) is 0 Å². The van der Waals surface area contributed by atoms with E-state index in [1.165, 1.54) is 0 Å². The minimum Gasteiger partial charge on any atom is -0.461 e. The van der Waals surface area contributed by atoms with Gasteiger partial charge in [0.25, 0.3) is 0 Å². The summed E-state index contributed by atoms with van der Waals surface area (Å²) in [6.45, 7) is 14.6. The first-order valence-corrected chi connectivity index (χ1v) is 10.2. The average molecular weight is 387 g/mol. The summed E-state index contributed by atoms with van der Waals surface area (Å²) in [4.78, 5) is 24.6. The first kappa shape index (κ1) is 24.1. The van der Waals surface area contributed by atoms with Gasteiger partial charge in [0.1, 0.15) is 11.9 Å². The summed E-state index contributed by atoms with van der Waals surface area (Å²) in [6.07, 6.45) is -1.17. The highest BCUT2D eigenvalue weighted by molar-refractivity contribution is 5.82. The van der Waals surface area contributed by atoms with Gasteiger partial charge in [-0.1, -0.05) is 48.5 Å². The van der Waals surface area contributed by atoms with Crippen LogP contribution in [0.4, 0.5) is 0 Å². The number of Topliss-reactive ketones (excluding diaryl/α,β-unsaturated/α-hetero) is 1. The molecule has 1 heterocycles. The second-order valence-corrected chi connectivity index (χ2v) is 8.46. The van der Waals surface area contributed by atoms with Crippen LogP contribution in [0.25, 0.3) is 0 Å². The lowest BCUT2D eigenvalue weighted by Gasteiger charge is -2.50. The van der Waals surface area contributed by atoms with E-state index >= 15 is 0 Å². The zero-order chi connectivity index (χ0) is 21.1. The fourth-order valence-corrected chi connectivity index (χ4v) is 4.03. The molecule has 1 fully saturated rings. The first-order valence-electron chi connectivity index (χ1n) is 10.2. The molecule has 0 aliphatic carbocycles. The molecule has 0 saturated carbocycles. The van der Waals surface area contributed by atoms with Gasteiger partial charge in [0.2, 0.25) is 0 Å². The molecular formula is C21H38O6. The van der Waals surface area contributed by atoms with Gasteiger partial charge in [0.05, 0.1) is 18.1 Å². The van der Waals surface area contributed by atoms with Crippen molar-refractivity contribution in [1.29, 1.82) is 0 Å². The summed E-state index contributed by atoms with van der Waals surface area (Å²) in [5, 5.41) is 21.3. The van der Waals surface area contributed by atoms with Crippen molar-refractivity contribution < 1.29 is 29.3 Å². The smallest absolute Gasteiger partial charge is 0.311 e. The highest BCUT2D eigenvalue weighted by atomic mass is 16.6.